The molecular weight excluding hydrogens is 208 g/mol. The molecule has 1 aliphatic carbocycles. The minimum absolute atomic E-state index is 0.182. The van der Waals surface area contributed by atoms with Gasteiger partial charge in [0.25, 0.3) is 5.92 Å². The normalized spacial score (nSPS) is 17.4. The van der Waals surface area contributed by atoms with Crippen LogP contribution in [0, 0.1) is 0 Å². The Hall–Kier alpha value is -0.550. The Morgan fingerprint density at radius 3 is 2.86 bits per heavy atom. The summed E-state index contributed by atoms with van der Waals surface area (Å²) >= 11 is 1.30. The van der Waals surface area contributed by atoms with Crippen LogP contribution in [-0.2, 0) is 5.92 Å². The molecule has 0 radical (unpaired) electrons. The molecule has 0 amide bonds. The number of hydrogen-bond acceptors (Lipinski definition) is 3. The molecule has 2 nitrogen and oxygen atoms in total. The van der Waals surface area contributed by atoms with Crippen molar-refractivity contribution in [1.82, 2.24) is 4.98 Å². The molecule has 0 spiro atoms. The van der Waals surface area contributed by atoms with E-state index in [1.807, 2.05) is 0 Å². The molecule has 1 saturated carbocycles. The van der Waals surface area contributed by atoms with E-state index in [9.17, 15) is 8.78 Å². The van der Waals surface area contributed by atoms with Gasteiger partial charge in [0, 0.05) is 24.3 Å². The number of alkyl halides is 2. The molecular formula is C9H11F2NOS. The van der Waals surface area contributed by atoms with Crippen molar-refractivity contribution in [2.75, 3.05) is 6.61 Å². The lowest BCUT2D eigenvalue weighted by Crippen LogP contribution is -2.15. The van der Waals surface area contributed by atoms with Crippen molar-refractivity contribution in [3.05, 3.63) is 16.1 Å². The maximum absolute atomic E-state index is 13.2. The summed E-state index contributed by atoms with van der Waals surface area (Å²) in [5.74, 6) is -2.56. The van der Waals surface area contributed by atoms with E-state index in [1.54, 1.807) is 0 Å². The Morgan fingerprint density at radius 1 is 1.57 bits per heavy atom. The Bertz CT molecular complexity index is 322. The van der Waals surface area contributed by atoms with Crippen LogP contribution in [0.3, 0.4) is 0 Å². The van der Waals surface area contributed by atoms with Crippen molar-refractivity contribution in [2.45, 2.75) is 31.1 Å². The topological polar surface area (TPSA) is 33.1 Å². The lowest BCUT2D eigenvalue weighted by molar-refractivity contribution is -0.0305. The van der Waals surface area contributed by atoms with Crippen molar-refractivity contribution >= 4 is 11.3 Å². The number of thiazole rings is 1. The fourth-order valence-corrected chi connectivity index (χ4v) is 2.28. The summed E-state index contributed by atoms with van der Waals surface area (Å²) in [6.45, 7) is -0.511. The van der Waals surface area contributed by atoms with Gasteiger partial charge in [-0.1, -0.05) is 0 Å². The minimum atomic E-state index is -2.97. The van der Waals surface area contributed by atoms with Crippen LogP contribution in [0.2, 0.25) is 0 Å². The highest BCUT2D eigenvalue weighted by Crippen LogP contribution is 2.43. The fraction of sp³-hybridized carbons (Fsp3) is 0.667. The van der Waals surface area contributed by atoms with Gasteiger partial charge in [-0.25, -0.2) is 4.98 Å². The summed E-state index contributed by atoms with van der Waals surface area (Å²) in [4.78, 5) is 3.92. The van der Waals surface area contributed by atoms with Crippen molar-refractivity contribution in [2.24, 2.45) is 0 Å². The van der Waals surface area contributed by atoms with Crippen LogP contribution in [0.5, 0.6) is 0 Å². The monoisotopic (exact) mass is 219 g/mol. The van der Waals surface area contributed by atoms with Crippen LogP contribution in [0.1, 0.15) is 35.9 Å². The number of nitrogens with zero attached hydrogens (tertiary/aromatic N) is 1. The highest BCUT2D eigenvalue weighted by Gasteiger charge is 2.35. The number of aliphatic hydroxyl groups is 1. The minimum Gasteiger partial charge on any atom is -0.396 e. The quantitative estimate of drug-likeness (QED) is 0.844. The summed E-state index contributed by atoms with van der Waals surface area (Å²) in [6.07, 6.45) is 1.60. The third-order valence-corrected chi connectivity index (χ3v) is 3.26. The molecule has 0 saturated heterocycles. The first-order chi connectivity index (χ1) is 6.63. The maximum Gasteiger partial charge on any atom is 0.292 e. The molecule has 0 bridgehead atoms. The van der Waals surface area contributed by atoms with Gasteiger partial charge in [0.1, 0.15) is 5.69 Å². The standard InChI is InChI=1S/C9H11F2NOS/c10-9(11,3-4-13)7-5-14-8(12-7)6-1-2-6/h5-6,13H,1-4H2. The molecule has 1 aliphatic rings. The average Bonchev–Trinajstić information content (AvgIpc) is 2.83. The van der Waals surface area contributed by atoms with E-state index in [4.69, 9.17) is 5.11 Å². The largest absolute Gasteiger partial charge is 0.396 e. The van der Waals surface area contributed by atoms with Crippen molar-refractivity contribution in [1.29, 1.82) is 0 Å². The van der Waals surface area contributed by atoms with Gasteiger partial charge in [0.15, 0.2) is 0 Å². The van der Waals surface area contributed by atoms with Gasteiger partial charge in [-0.15, -0.1) is 11.3 Å². The highest BCUT2D eigenvalue weighted by atomic mass is 32.1. The molecule has 2 rings (SSSR count). The number of rotatable bonds is 4. The van der Waals surface area contributed by atoms with Crippen molar-refractivity contribution in [3.8, 4) is 0 Å². The van der Waals surface area contributed by atoms with E-state index in [-0.39, 0.29) is 5.69 Å². The molecule has 0 aromatic carbocycles. The van der Waals surface area contributed by atoms with Crippen molar-refractivity contribution < 1.29 is 13.9 Å². The van der Waals surface area contributed by atoms with E-state index >= 15 is 0 Å². The summed E-state index contributed by atoms with van der Waals surface area (Å²) in [5.41, 5.74) is -0.182. The zero-order valence-corrected chi connectivity index (χ0v) is 8.36. The van der Waals surface area contributed by atoms with E-state index in [2.05, 4.69) is 4.98 Å². The molecule has 78 valence electrons. The second kappa shape index (κ2) is 3.55. The molecule has 1 aromatic heterocycles. The van der Waals surface area contributed by atoms with Crippen LogP contribution < -0.4 is 0 Å². The summed E-state index contributed by atoms with van der Waals surface area (Å²) in [7, 11) is 0. The van der Waals surface area contributed by atoms with Crippen LogP contribution >= 0.6 is 11.3 Å². The zero-order chi connectivity index (χ0) is 10.2. The zero-order valence-electron chi connectivity index (χ0n) is 7.54. The van der Waals surface area contributed by atoms with Crippen LogP contribution in [0.25, 0.3) is 0 Å². The van der Waals surface area contributed by atoms with Gasteiger partial charge >= 0.3 is 0 Å². The van der Waals surface area contributed by atoms with Crippen LogP contribution in [0.15, 0.2) is 5.38 Å². The van der Waals surface area contributed by atoms with E-state index in [1.165, 1.54) is 16.7 Å². The molecule has 1 aromatic rings. The van der Waals surface area contributed by atoms with Gasteiger partial charge < -0.3 is 5.11 Å². The second-order valence-corrected chi connectivity index (χ2v) is 4.41. The lowest BCUT2D eigenvalue weighted by Gasteiger charge is -2.11. The SMILES string of the molecule is OCCC(F)(F)c1csc(C2CC2)n1. The van der Waals surface area contributed by atoms with Gasteiger partial charge in [-0.05, 0) is 12.8 Å². The molecule has 14 heavy (non-hydrogen) atoms. The molecule has 1 heterocycles. The van der Waals surface area contributed by atoms with Gasteiger partial charge in [0.2, 0.25) is 0 Å². The predicted octanol–water partition coefficient (Wildman–Crippen LogP) is 2.49. The Kier molecular flexibility index (Phi) is 2.53. The number of aromatic nitrogens is 1. The molecule has 0 atom stereocenters. The summed E-state index contributed by atoms with van der Waals surface area (Å²) in [5, 5.41) is 10.7. The molecule has 0 unspecified atom stereocenters. The average molecular weight is 219 g/mol. The number of halogens is 2. The number of aliphatic hydroxyl groups excluding tert-OH is 1. The van der Waals surface area contributed by atoms with Gasteiger partial charge in [0.05, 0.1) is 5.01 Å². The van der Waals surface area contributed by atoms with Crippen molar-refractivity contribution in [3.63, 3.8) is 0 Å². The van der Waals surface area contributed by atoms with Crippen LogP contribution in [-0.4, -0.2) is 16.7 Å². The Labute approximate surface area is 84.6 Å². The van der Waals surface area contributed by atoms with Gasteiger partial charge in [-0.2, -0.15) is 8.78 Å². The second-order valence-electron chi connectivity index (χ2n) is 3.52. The fourth-order valence-electron chi connectivity index (χ4n) is 1.24. The summed E-state index contributed by atoms with van der Waals surface area (Å²) < 4.78 is 26.5. The third-order valence-electron chi connectivity index (χ3n) is 2.25. The predicted molar refractivity (Wildman–Crippen MR) is 49.7 cm³/mol. The molecule has 0 aliphatic heterocycles. The highest BCUT2D eigenvalue weighted by molar-refractivity contribution is 7.09. The molecule has 5 heteroatoms. The Morgan fingerprint density at radius 2 is 2.29 bits per heavy atom. The first-order valence-electron chi connectivity index (χ1n) is 4.58. The number of hydrogen-bond donors (Lipinski definition) is 1. The first kappa shape index (κ1) is 9.98. The Balaban J connectivity index is 2.14. The van der Waals surface area contributed by atoms with Gasteiger partial charge in [-0.3, -0.25) is 0 Å². The van der Waals surface area contributed by atoms with E-state index < -0.39 is 19.0 Å². The first-order valence-corrected chi connectivity index (χ1v) is 5.46. The maximum atomic E-state index is 13.2. The van der Waals surface area contributed by atoms with Crippen LogP contribution in [0.4, 0.5) is 8.78 Å². The molecule has 1 fully saturated rings. The van der Waals surface area contributed by atoms with E-state index in [0.717, 1.165) is 17.8 Å². The van der Waals surface area contributed by atoms with E-state index in [0.29, 0.717) is 5.92 Å². The lowest BCUT2D eigenvalue weighted by atomic mass is 10.2. The summed E-state index contributed by atoms with van der Waals surface area (Å²) in [6, 6.07) is 0. The smallest absolute Gasteiger partial charge is 0.292 e. The third kappa shape index (κ3) is 1.93. The molecule has 1 N–H and O–H groups in total.